The van der Waals surface area contributed by atoms with Crippen LogP contribution in [0.5, 0.6) is 11.5 Å². The minimum Gasteiger partial charge on any atom is -0.497 e. The molecule has 4 heterocycles. The number of rotatable bonds is 10. The predicted molar refractivity (Wildman–Crippen MR) is 171 cm³/mol. The number of halogens is 1. The molecule has 1 saturated carbocycles. The number of aromatic nitrogens is 4. The highest BCUT2D eigenvalue weighted by atomic mass is 35.5. The van der Waals surface area contributed by atoms with Gasteiger partial charge in [0.2, 0.25) is 0 Å². The first-order valence-electron chi connectivity index (χ1n) is 15.0. The Morgan fingerprint density at radius 3 is 2.67 bits per heavy atom. The Labute approximate surface area is 266 Å². The van der Waals surface area contributed by atoms with Crippen LogP contribution in [0.25, 0.3) is 11.2 Å². The van der Waals surface area contributed by atoms with E-state index in [1.165, 1.54) is 10.9 Å². The normalized spacial score (nSPS) is 18.4. The minimum atomic E-state index is -0.347. The zero-order valence-electron chi connectivity index (χ0n) is 25.7. The van der Waals surface area contributed by atoms with Gasteiger partial charge in [-0.3, -0.25) is 4.98 Å². The molecular formula is C32H38ClN7O5. The molecule has 3 aromatic heterocycles. The Bertz CT molecular complexity index is 1680. The summed E-state index contributed by atoms with van der Waals surface area (Å²) >= 11 is 6.45. The number of carbonyl (C=O) groups is 1. The molecule has 1 aliphatic carbocycles. The van der Waals surface area contributed by atoms with Gasteiger partial charge in [0.1, 0.15) is 28.5 Å². The Morgan fingerprint density at radius 1 is 1.11 bits per heavy atom. The maximum absolute atomic E-state index is 13.4. The van der Waals surface area contributed by atoms with Crippen molar-refractivity contribution in [2.75, 3.05) is 45.1 Å². The van der Waals surface area contributed by atoms with Gasteiger partial charge < -0.3 is 34.9 Å². The fraction of sp³-hybridized carbons (Fsp3) is 0.438. The molecule has 1 amide bonds. The number of nitrogens with two attached hydrogens (primary N) is 1. The molecule has 2 aliphatic rings. The van der Waals surface area contributed by atoms with E-state index in [9.17, 15) is 4.79 Å². The molecule has 2 atom stereocenters. The minimum absolute atomic E-state index is 0.142. The zero-order chi connectivity index (χ0) is 31.5. The van der Waals surface area contributed by atoms with Crippen molar-refractivity contribution >= 4 is 40.2 Å². The van der Waals surface area contributed by atoms with Crippen molar-refractivity contribution in [1.29, 1.82) is 0 Å². The number of hydrogen-bond donors (Lipinski definition) is 2. The van der Waals surface area contributed by atoms with Gasteiger partial charge in [-0.05, 0) is 49.9 Å². The van der Waals surface area contributed by atoms with E-state index < -0.39 is 0 Å². The second-order valence-corrected chi connectivity index (χ2v) is 11.9. The lowest BCUT2D eigenvalue weighted by molar-refractivity contribution is -0.0336. The predicted octanol–water partition coefficient (Wildman–Crippen LogP) is 4.92. The Kier molecular flexibility index (Phi) is 9.24. The van der Waals surface area contributed by atoms with Crippen molar-refractivity contribution in [1.82, 2.24) is 24.8 Å². The number of nitrogens with one attached hydrogen (secondary N) is 1. The van der Waals surface area contributed by atoms with E-state index in [-0.39, 0.29) is 23.3 Å². The monoisotopic (exact) mass is 635 g/mol. The van der Waals surface area contributed by atoms with Gasteiger partial charge in [0.15, 0.2) is 5.65 Å². The number of imidazole rings is 1. The topological polar surface area (TPSA) is 139 Å². The third kappa shape index (κ3) is 6.77. The second kappa shape index (κ2) is 13.5. The van der Waals surface area contributed by atoms with Crippen LogP contribution in [-0.4, -0.2) is 72.2 Å². The maximum Gasteiger partial charge on any atom is 0.328 e. The van der Waals surface area contributed by atoms with Crippen molar-refractivity contribution < 1.29 is 23.7 Å². The molecule has 1 aliphatic heterocycles. The lowest BCUT2D eigenvalue weighted by Gasteiger charge is -2.36. The van der Waals surface area contributed by atoms with E-state index in [1.807, 2.05) is 42.3 Å². The summed E-state index contributed by atoms with van der Waals surface area (Å²) in [5.41, 5.74) is 11.2. The molecule has 1 saturated heterocycles. The van der Waals surface area contributed by atoms with Crippen LogP contribution in [0.1, 0.15) is 48.6 Å². The Morgan fingerprint density at radius 2 is 1.93 bits per heavy atom. The molecule has 0 spiro atoms. The van der Waals surface area contributed by atoms with Gasteiger partial charge in [0.25, 0.3) is 0 Å². The lowest BCUT2D eigenvalue weighted by atomic mass is 9.89. The highest BCUT2D eigenvalue weighted by Crippen LogP contribution is 2.32. The third-order valence-electron chi connectivity index (χ3n) is 8.51. The fourth-order valence-corrected chi connectivity index (χ4v) is 6.06. The summed E-state index contributed by atoms with van der Waals surface area (Å²) in [7, 11) is 5.16. The Hall–Kier alpha value is -4.13. The first kappa shape index (κ1) is 30.9. The van der Waals surface area contributed by atoms with Crippen LogP contribution >= 0.6 is 11.6 Å². The van der Waals surface area contributed by atoms with Gasteiger partial charge in [0.05, 0.1) is 44.4 Å². The second-order valence-electron chi connectivity index (χ2n) is 11.5. The van der Waals surface area contributed by atoms with Crippen molar-refractivity contribution in [2.45, 2.75) is 56.9 Å². The van der Waals surface area contributed by atoms with Gasteiger partial charge in [-0.25, -0.2) is 19.3 Å². The number of amides is 1. The summed E-state index contributed by atoms with van der Waals surface area (Å²) in [4.78, 5) is 29.2. The third-order valence-corrected chi connectivity index (χ3v) is 8.70. The highest BCUT2D eigenvalue weighted by molar-refractivity contribution is 6.30. The summed E-state index contributed by atoms with van der Waals surface area (Å²) in [5, 5.41) is 3.33. The van der Waals surface area contributed by atoms with Crippen LogP contribution in [0.3, 0.4) is 0 Å². The Balaban J connectivity index is 1.12. The number of pyridine rings is 2. The smallest absolute Gasteiger partial charge is 0.328 e. The number of fused-ring (bicyclic) bond motifs is 1. The maximum atomic E-state index is 13.4. The number of methoxy groups -OCH3 is 2. The molecular weight excluding hydrogens is 598 g/mol. The first-order valence-corrected chi connectivity index (χ1v) is 15.4. The number of hydrogen-bond acceptors (Lipinski definition) is 10. The van der Waals surface area contributed by atoms with Crippen molar-refractivity contribution in [3.05, 3.63) is 64.8 Å². The molecule has 0 unspecified atom stereocenters. The van der Waals surface area contributed by atoms with E-state index in [2.05, 4.69) is 15.3 Å². The van der Waals surface area contributed by atoms with Gasteiger partial charge in [-0.1, -0.05) is 11.6 Å². The molecule has 238 valence electrons. The zero-order valence-corrected chi connectivity index (χ0v) is 26.4. The quantitative estimate of drug-likeness (QED) is 0.231. The summed E-state index contributed by atoms with van der Waals surface area (Å²) in [6.45, 7) is 2.29. The molecule has 6 rings (SSSR count). The standard InChI is InChI=1S/C32H38ClN7O5/c1-39(16-20-4-5-23(42-2)14-28(20)43-3)26-15-29(33)38-31-30(26)35-18-40(31)32(41)37-24-6-7-27(24)45-17-22-12-21(34)13-25(36-22)19-8-10-44-11-9-19/h4-5,12-15,18-19,24,27H,6-11,16-17H2,1-3H3,(H2,34,36)(H,37,41)/t24-,27-/m1/s1. The lowest BCUT2D eigenvalue weighted by Crippen LogP contribution is -2.52. The van der Waals surface area contributed by atoms with Crippen LogP contribution in [-0.2, 0) is 22.6 Å². The average molecular weight is 636 g/mol. The van der Waals surface area contributed by atoms with Gasteiger partial charge in [-0.15, -0.1) is 0 Å². The number of anilines is 2. The molecule has 0 bridgehead atoms. The number of benzene rings is 1. The molecule has 2 fully saturated rings. The van der Waals surface area contributed by atoms with E-state index in [0.29, 0.717) is 47.4 Å². The largest absolute Gasteiger partial charge is 0.497 e. The molecule has 45 heavy (non-hydrogen) atoms. The van der Waals surface area contributed by atoms with E-state index in [0.717, 1.165) is 61.5 Å². The highest BCUT2D eigenvalue weighted by Gasteiger charge is 2.34. The number of nitrogens with zero attached hydrogens (tertiary/aromatic N) is 5. The van der Waals surface area contributed by atoms with E-state index in [4.69, 9.17) is 41.3 Å². The van der Waals surface area contributed by atoms with E-state index in [1.54, 1.807) is 20.3 Å². The average Bonchev–Trinajstić information content (AvgIpc) is 3.46. The van der Waals surface area contributed by atoms with Crippen LogP contribution in [0, 0.1) is 0 Å². The molecule has 3 N–H and O–H groups in total. The molecule has 1 aromatic carbocycles. The first-order chi connectivity index (χ1) is 21.8. The summed E-state index contributed by atoms with van der Waals surface area (Å²) < 4.78 is 24.0. The van der Waals surface area contributed by atoms with Crippen LogP contribution in [0.2, 0.25) is 5.15 Å². The summed E-state index contributed by atoms with van der Waals surface area (Å²) in [5.74, 6) is 1.75. The molecule has 13 heteroatoms. The number of carbonyl (C=O) groups excluding carboxylic acids is 1. The van der Waals surface area contributed by atoms with Crippen molar-refractivity contribution in [3.8, 4) is 11.5 Å². The van der Waals surface area contributed by atoms with Crippen LogP contribution < -0.4 is 25.4 Å². The van der Waals surface area contributed by atoms with Crippen molar-refractivity contribution in [2.24, 2.45) is 0 Å². The van der Waals surface area contributed by atoms with Gasteiger partial charge >= 0.3 is 6.03 Å². The number of ether oxygens (including phenoxy) is 4. The summed E-state index contributed by atoms with van der Waals surface area (Å²) in [6, 6.07) is 10.7. The fourth-order valence-electron chi connectivity index (χ4n) is 5.87. The van der Waals surface area contributed by atoms with Crippen LogP contribution in [0.4, 0.5) is 16.2 Å². The van der Waals surface area contributed by atoms with Gasteiger partial charge in [0, 0.05) is 61.8 Å². The molecule has 4 aromatic rings. The number of nitrogen functional groups attached to an aromatic ring is 1. The molecule has 0 radical (unpaired) electrons. The van der Waals surface area contributed by atoms with Gasteiger partial charge in [-0.2, -0.15) is 0 Å². The van der Waals surface area contributed by atoms with E-state index >= 15 is 0 Å². The molecule has 12 nitrogen and oxygen atoms in total. The van der Waals surface area contributed by atoms with Crippen LogP contribution in [0.15, 0.2) is 42.7 Å². The van der Waals surface area contributed by atoms with Crippen molar-refractivity contribution in [3.63, 3.8) is 0 Å². The SMILES string of the molecule is COc1ccc(CN(C)c2cc(Cl)nc3c2ncn3C(=O)N[C@@H]2CC[C@H]2OCc2cc(N)cc(C3CCOCC3)n2)c(OC)c1. The summed E-state index contributed by atoms with van der Waals surface area (Å²) in [6.07, 6.45) is 4.83.